The van der Waals surface area contributed by atoms with E-state index in [1.807, 2.05) is 10.9 Å². The maximum absolute atomic E-state index is 10.4. The van der Waals surface area contributed by atoms with Crippen molar-refractivity contribution in [2.75, 3.05) is 6.61 Å². The quantitative estimate of drug-likeness (QED) is 0.868. The fraction of sp³-hybridized carbons (Fsp3) is 0.600. The molecule has 26 heavy (non-hydrogen) atoms. The summed E-state index contributed by atoms with van der Waals surface area (Å²) in [5, 5.41) is 22.6. The van der Waals surface area contributed by atoms with E-state index in [1.165, 1.54) is 11.1 Å². The zero-order valence-electron chi connectivity index (χ0n) is 15.7. The molecule has 2 aliphatic rings. The van der Waals surface area contributed by atoms with Crippen LogP contribution >= 0.6 is 0 Å². The van der Waals surface area contributed by atoms with Crippen LogP contribution in [-0.4, -0.2) is 51.0 Å². The minimum Gasteiger partial charge on any atom is -0.389 e. The molecule has 6 nitrogen and oxygen atoms in total. The fourth-order valence-electron chi connectivity index (χ4n) is 3.93. The van der Waals surface area contributed by atoms with Gasteiger partial charge in [-0.05, 0) is 24.0 Å². The van der Waals surface area contributed by atoms with Crippen LogP contribution in [0.3, 0.4) is 0 Å². The van der Waals surface area contributed by atoms with Crippen molar-refractivity contribution < 1.29 is 9.84 Å². The molecule has 1 aliphatic heterocycles. The van der Waals surface area contributed by atoms with Crippen LogP contribution in [0.2, 0.25) is 0 Å². The van der Waals surface area contributed by atoms with E-state index in [1.54, 1.807) is 0 Å². The summed E-state index contributed by atoms with van der Waals surface area (Å²) >= 11 is 0. The third-order valence-electron chi connectivity index (χ3n) is 5.45. The van der Waals surface area contributed by atoms with Crippen molar-refractivity contribution in [1.29, 1.82) is 0 Å². The van der Waals surface area contributed by atoms with Crippen molar-refractivity contribution in [3.8, 4) is 0 Å². The maximum Gasteiger partial charge on any atom is 0.0952 e. The summed E-state index contributed by atoms with van der Waals surface area (Å²) in [4.78, 5) is 0. The van der Waals surface area contributed by atoms with E-state index in [0.29, 0.717) is 19.2 Å². The van der Waals surface area contributed by atoms with Gasteiger partial charge < -0.3 is 15.2 Å². The van der Waals surface area contributed by atoms with E-state index in [-0.39, 0.29) is 17.6 Å². The average molecular weight is 356 g/mol. The van der Waals surface area contributed by atoms with Gasteiger partial charge in [-0.3, -0.25) is 0 Å². The number of nitrogens with zero attached hydrogens (tertiary/aromatic N) is 3. The Morgan fingerprint density at radius 1 is 1.23 bits per heavy atom. The van der Waals surface area contributed by atoms with Crippen LogP contribution in [0.15, 0.2) is 30.5 Å². The van der Waals surface area contributed by atoms with Gasteiger partial charge in [-0.2, -0.15) is 0 Å². The minimum atomic E-state index is -0.491. The largest absolute Gasteiger partial charge is 0.389 e. The highest BCUT2D eigenvalue weighted by Gasteiger charge is 2.38. The molecule has 1 aromatic carbocycles. The summed E-state index contributed by atoms with van der Waals surface area (Å²) in [6.07, 6.45) is 3.39. The van der Waals surface area contributed by atoms with Gasteiger partial charge in [0.1, 0.15) is 0 Å². The van der Waals surface area contributed by atoms with Crippen LogP contribution in [0.5, 0.6) is 0 Å². The first-order valence-electron chi connectivity index (χ1n) is 9.43. The number of aliphatic hydroxyl groups excluding tert-OH is 1. The predicted octanol–water partition coefficient (Wildman–Crippen LogP) is 1.46. The number of ether oxygens (including phenoxy) is 1. The van der Waals surface area contributed by atoms with E-state index >= 15 is 0 Å². The third kappa shape index (κ3) is 3.54. The second-order valence-corrected chi connectivity index (χ2v) is 8.58. The molecule has 1 aromatic heterocycles. The van der Waals surface area contributed by atoms with E-state index in [9.17, 15) is 5.11 Å². The molecule has 140 valence electrons. The molecule has 0 bridgehead atoms. The van der Waals surface area contributed by atoms with Crippen molar-refractivity contribution in [3.63, 3.8) is 0 Å². The molecule has 0 unspecified atom stereocenters. The Morgan fingerprint density at radius 3 is 2.54 bits per heavy atom. The molecule has 0 spiro atoms. The molecule has 0 saturated carbocycles. The molecular weight excluding hydrogens is 328 g/mol. The van der Waals surface area contributed by atoms with Gasteiger partial charge in [0.05, 0.1) is 37.1 Å². The van der Waals surface area contributed by atoms with Gasteiger partial charge in [-0.15, -0.1) is 5.10 Å². The average Bonchev–Trinajstić information content (AvgIpc) is 3.29. The number of hydrogen-bond donors (Lipinski definition) is 2. The molecule has 3 atom stereocenters. The van der Waals surface area contributed by atoms with Gasteiger partial charge in [0.2, 0.25) is 0 Å². The molecule has 0 radical (unpaired) electrons. The zero-order chi connectivity index (χ0) is 18.3. The number of aliphatic hydroxyl groups is 1. The van der Waals surface area contributed by atoms with Crippen LogP contribution < -0.4 is 5.32 Å². The Morgan fingerprint density at radius 2 is 1.92 bits per heavy atom. The summed E-state index contributed by atoms with van der Waals surface area (Å²) in [5.41, 5.74) is 3.75. The molecular formula is C20H28N4O2. The Labute approximate surface area is 154 Å². The molecule has 6 heteroatoms. The Hall–Kier alpha value is -1.76. The maximum atomic E-state index is 10.4. The predicted molar refractivity (Wildman–Crippen MR) is 99.0 cm³/mol. The smallest absolute Gasteiger partial charge is 0.0952 e. The first-order valence-corrected chi connectivity index (χ1v) is 9.43. The van der Waals surface area contributed by atoms with Crippen molar-refractivity contribution in [1.82, 2.24) is 20.3 Å². The fourth-order valence-corrected chi connectivity index (χ4v) is 3.93. The Balaban J connectivity index is 1.41. The lowest BCUT2D eigenvalue weighted by molar-refractivity contribution is 0.0735. The molecule has 0 amide bonds. The summed E-state index contributed by atoms with van der Waals surface area (Å²) in [6.45, 7) is 7.33. The van der Waals surface area contributed by atoms with Crippen LogP contribution in [0.1, 0.15) is 37.6 Å². The monoisotopic (exact) mass is 356 g/mol. The highest BCUT2D eigenvalue weighted by molar-refractivity contribution is 5.33. The number of hydrogen-bond acceptors (Lipinski definition) is 5. The SMILES string of the molecule is CC(C)(C)c1cn(C[C@H]2OC[C@H](O)[C@H]2NC2Cc3ccccc3C2)nn1. The first kappa shape index (κ1) is 17.6. The van der Waals surface area contributed by atoms with Crippen LogP contribution in [0, 0.1) is 0 Å². The standard InChI is InChI=1S/C20H28N4O2/c1-20(2,3)18-11-24(23-22-18)10-17-19(16(25)12-26-17)21-15-8-13-6-4-5-7-14(13)9-15/h4-7,11,15-17,19,21,25H,8-10,12H2,1-3H3/t16-,17+,19+/m0/s1. The molecule has 2 N–H and O–H groups in total. The Bertz CT molecular complexity index is 742. The second kappa shape index (κ2) is 6.76. The van der Waals surface area contributed by atoms with E-state index < -0.39 is 6.10 Å². The number of fused-ring (bicyclic) bond motifs is 1. The normalized spacial score (nSPS) is 26.4. The van der Waals surface area contributed by atoms with Gasteiger partial charge in [0, 0.05) is 17.7 Å². The highest BCUT2D eigenvalue weighted by atomic mass is 16.5. The van der Waals surface area contributed by atoms with Gasteiger partial charge in [0.25, 0.3) is 0 Å². The van der Waals surface area contributed by atoms with E-state index in [4.69, 9.17) is 4.74 Å². The number of benzene rings is 1. The second-order valence-electron chi connectivity index (χ2n) is 8.58. The summed E-state index contributed by atoms with van der Waals surface area (Å²) in [7, 11) is 0. The van der Waals surface area contributed by atoms with Crippen LogP contribution in [0.4, 0.5) is 0 Å². The van der Waals surface area contributed by atoms with Crippen LogP contribution in [-0.2, 0) is 29.5 Å². The van der Waals surface area contributed by atoms with Crippen molar-refractivity contribution in [3.05, 3.63) is 47.3 Å². The molecule has 2 aromatic rings. The molecule has 1 saturated heterocycles. The van der Waals surface area contributed by atoms with Gasteiger partial charge in [-0.25, -0.2) is 4.68 Å². The zero-order valence-corrected chi connectivity index (χ0v) is 15.7. The van der Waals surface area contributed by atoms with Crippen LogP contribution in [0.25, 0.3) is 0 Å². The van der Waals surface area contributed by atoms with Gasteiger partial charge in [0.15, 0.2) is 0 Å². The van der Waals surface area contributed by atoms with Crippen molar-refractivity contribution in [2.45, 2.75) is 69.9 Å². The number of rotatable bonds is 4. The summed E-state index contributed by atoms with van der Waals surface area (Å²) in [5.74, 6) is 0. The lowest BCUT2D eigenvalue weighted by atomic mass is 9.93. The van der Waals surface area contributed by atoms with Gasteiger partial charge in [-0.1, -0.05) is 50.3 Å². The molecule has 1 fully saturated rings. The summed E-state index contributed by atoms with van der Waals surface area (Å²) in [6, 6.07) is 8.83. The lowest BCUT2D eigenvalue weighted by Crippen LogP contribution is -2.50. The Kier molecular flexibility index (Phi) is 4.59. The molecule has 1 aliphatic carbocycles. The highest BCUT2D eigenvalue weighted by Crippen LogP contribution is 2.25. The topological polar surface area (TPSA) is 72.2 Å². The van der Waals surface area contributed by atoms with Crippen molar-refractivity contribution in [2.24, 2.45) is 0 Å². The number of aromatic nitrogens is 3. The van der Waals surface area contributed by atoms with Gasteiger partial charge >= 0.3 is 0 Å². The summed E-state index contributed by atoms with van der Waals surface area (Å²) < 4.78 is 7.70. The third-order valence-corrected chi connectivity index (χ3v) is 5.45. The first-order chi connectivity index (χ1) is 12.4. The molecule has 4 rings (SSSR count). The molecule has 2 heterocycles. The minimum absolute atomic E-state index is 0.0262. The van der Waals surface area contributed by atoms with Crippen molar-refractivity contribution >= 4 is 0 Å². The van der Waals surface area contributed by atoms with E-state index in [0.717, 1.165) is 18.5 Å². The number of nitrogens with one attached hydrogen (secondary N) is 1. The lowest BCUT2D eigenvalue weighted by Gasteiger charge is -2.25. The van der Waals surface area contributed by atoms with E-state index in [2.05, 4.69) is 60.7 Å².